The van der Waals surface area contributed by atoms with Gasteiger partial charge >= 0.3 is 12.1 Å². The van der Waals surface area contributed by atoms with Crippen LogP contribution in [0.1, 0.15) is 33.3 Å². The van der Waals surface area contributed by atoms with Crippen LogP contribution in [0.15, 0.2) is 30.5 Å². The van der Waals surface area contributed by atoms with Gasteiger partial charge in [0.2, 0.25) is 0 Å². The molecule has 2 rings (SSSR count). The molecule has 0 saturated heterocycles. The van der Waals surface area contributed by atoms with Crippen molar-refractivity contribution in [3.63, 3.8) is 0 Å². The Morgan fingerprint density at radius 2 is 1.83 bits per heavy atom. The van der Waals surface area contributed by atoms with Crippen LogP contribution in [0.5, 0.6) is 0 Å². The van der Waals surface area contributed by atoms with Crippen molar-refractivity contribution < 1.29 is 28.5 Å². The number of carbonyl (C=O) groups is 2. The van der Waals surface area contributed by atoms with E-state index in [0.29, 0.717) is 6.73 Å². The van der Waals surface area contributed by atoms with E-state index in [1.807, 2.05) is 35.0 Å². The number of rotatable bonds is 9. The molecule has 0 aliphatic rings. The summed E-state index contributed by atoms with van der Waals surface area (Å²) in [7, 11) is 3.09. The number of aromatic nitrogens is 1. The van der Waals surface area contributed by atoms with Gasteiger partial charge in [-0.2, -0.15) is 0 Å². The van der Waals surface area contributed by atoms with E-state index < -0.39 is 23.7 Å². The van der Waals surface area contributed by atoms with Crippen LogP contribution in [0.25, 0.3) is 10.9 Å². The first kappa shape index (κ1) is 23.7. The van der Waals surface area contributed by atoms with Crippen molar-refractivity contribution in [1.29, 1.82) is 0 Å². The first-order valence-electron chi connectivity index (χ1n) is 9.92. The van der Waals surface area contributed by atoms with Crippen LogP contribution in [0, 0.1) is 0 Å². The van der Waals surface area contributed by atoms with Gasteiger partial charge in [0.05, 0.1) is 12.1 Å². The van der Waals surface area contributed by atoms with Gasteiger partial charge in [-0.25, -0.2) is 9.59 Å². The zero-order chi connectivity index (χ0) is 22.3. The number of nitrogens with zero attached hydrogens (tertiary/aromatic N) is 2. The van der Waals surface area contributed by atoms with Crippen LogP contribution in [0.4, 0.5) is 4.79 Å². The maximum atomic E-state index is 12.9. The summed E-state index contributed by atoms with van der Waals surface area (Å²) < 4.78 is 23.2. The molecule has 8 nitrogen and oxygen atoms in total. The Hall–Kier alpha value is -2.58. The van der Waals surface area contributed by atoms with Crippen LogP contribution in [0.3, 0.4) is 0 Å². The molecular formula is C22H32N2O6. The first-order valence-corrected chi connectivity index (χ1v) is 9.92. The van der Waals surface area contributed by atoms with Gasteiger partial charge in [-0.15, -0.1) is 0 Å². The highest BCUT2D eigenvalue weighted by atomic mass is 16.6. The van der Waals surface area contributed by atoms with Gasteiger partial charge in [-0.1, -0.05) is 18.2 Å². The zero-order valence-electron chi connectivity index (χ0n) is 18.6. The second-order valence-electron chi connectivity index (χ2n) is 7.90. The predicted octanol–water partition coefficient (Wildman–Crippen LogP) is 3.56. The summed E-state index contributed by atoms with van der Waals surface area (Å²) in [5.41, 5.74) is 1.16. The molecule has 2 aromatic rings. The summed E-state index contributed by atoms with van der Waals surface area (Å²) >= 11 is 0. The molecule has 30 heavy (non-hydrogen) atoms. The molecule has 0 saturated carbocycles. The number of hydrogen-bond donors (Lipinski definition) is 0. The Morgan fingerprint density at radius 3 is 2.43 bits per heavy atom. The molecule has 1 aromatic heterocycles. The van der Waals surface area contributed by atoms with Gasteiger partial charge < -0.3 is 23.5 Å². The predicted molar refractivity (Wildman–Crippen MR) is 113 cm³/mol. The number of methoxy groups -OCH3 is 2. The number of ether oxygens (including phenoxy) is 4. The number of carbonyl (C=O) groups excluding carboxylic acids is 2. The average molecular weight is 421 g/mol. The van der Waals surface area contributed by atoms with E-state index in [9.17, 15) is 9.59 Å². The van der Waals surface area contributed by atoms with Gasteiger partial charge in [-0.3, -0.25) is 4.90 Å². The number of fused-ring (bicyclic) bond motifs is 1. The minimum atomic E-state index is -0.901. The van der Waals surface area contributed by atoms with E-state index in [1.165, 1.54) is 12.0 Å². The molecule has 1 heterocycles. The lowest BCUT2D eigenvalue weighted by atomic mass is 10.0. The van der Waals surface area contributed by atoms with Crippen molar-refractivity contribution in [2.45, 2.75) is 52.5 Å². The molecule has 0 N–H and O–H groups in total. The quantitative estimate of drug-likeness (QED) is 0.456. The lowest BCUT2D eigenvalue weighted by Gasteiger charge is -2.31. The third-order valence-electron chi connectivity index (χ3n) is 4.38. The zero-order valence-corrected chi connectivity index (χ0v) is 18.6. The van der Waals surface area contributed by atoms with Gasteiger partial charge in [0.15, 0.2) is 0 Å². The van der Waals surface area contributed by atoms with E-state index in [0.717, 1.165) is 16.5 Å². The third kappa shape index (κ3) is 5.96. The van der Waals surface area contributed by atoms with Crippen LogP contribution in [0.2, 0.25) is 0 Å². The van der Waals surface area contributed by atoms with Crippen molar-refractivity contribution in [2.75, 3.05) is 27.6 Å². The summed E-state index contributed by atoms with van der Waals surface area (Å²) in [6.07, 6.45) is 1.54. The largest absolute Gasteiger partial charge is 0.464 e. The van der Waals surface area contributed by atoms with E-state index in [1.54, 1.807) is 34.8 Å². The molecule has 0 fully saturated rings. The van der Waals surface area contributed by atoms with E-state index >= 15 is 0 Å². The molecule has 8 heteroatoms. The van der Waals surface area contributed by atoms with Crippen molar-refractivity contribution in [3.8, 4) is 0 Å². The van der Waals surface area contributed by atoms with Crippen LogP contribution < -0.4 is 0 Å². The highest BCUT2D eigenvalue weighted by Crippen LogP contribution is 2.25. The minimum Gasteiger partial charge on any atom is -0.464 e. The average Bonchev–Trinajstić information content (AvgIpc) is 3.01. The van der Waals surface area contributed by atoms with Crippen LogP contribution >= 0.6 is 0 Å². The molecular weight excluding hydrogens is 388 g/mol. The van der Waals surface area contributed by atoms with E-state index in [4.69, 9.17) is 18.9 Å². The minimum absolute atomic E-state index is 0.102. The Morgan fingerprint density at radius 1 is 1.13 bits per heavy atom. The van der Waals surface area contributed by atoms with Gasteiger partial charge in [0, 0.05) is 32.2 Å². The Kier molecular flexibility index (Phi) is 8.25. The number of hydrogen-bond acceptors (Lipinski definition) is 6. The van der Waals surface area contributed by atoms with Gasteiger partial charge in [0.25, 0.3) is 0 Å². The number of esters is 1. The van der Waals surface area contributed by atoms with Crippen LogP contribution in [-0.2, 0) is 36.9 Å². The summed E-state index contributed by atoms with van der Waals surface area (Å²) in [5.74, 6) is -0.510. The summed E-state index contributed by atoms with van der Waals surface area (Å²) in [6, 6.07) is 6.94. The summed E-state index contributed by atoms with van der Waals surface area (Å²) in [6.45, 7) is 7.52. The monoisotopic (exact) mass is 420 g/mol. The first-order chi connectivity index (χ1) is 14.2. The molecule has 0 spiro atoms. The lowest BCUT2D eigenvalue weighted by Crippen LogP contribution is -2.49. The molecule has 0 aliphatic carbocycles. The van der Waals surface area contributed by atoms with E-state index in [-0.39, 0.29) is 19.8 Å². The number of benzene rings is 1. The SMILES string of the molecule is CCOC(=O)[C@H](Cc1cn(COC)c2ccccc12)N(COC)C(=O)OC(C)(C)C. The maximum absolute atomic E-state index is 12.9. The molecule has 0 bridgehead atoms. The topological polar surface area (TPSA) is 79.2 Å². The van der Waals surface area contributed by atoms with Crippen molar-refractivity contribution >= 4 is 23.0 Å². The highest BCUT2D eigenvalue weighted by Gasteiger charge is 2.35. The van der Waals surface area contributed by atoms with E-state index in [2.05, 4.69) is 0 Å². The lowest BCUT2D eigenvalue weighted by molar-refractivity contribution is -0.151. The number of para-hydroxylation sites is 1. The second-order valence-corrected chi connectivity index (χ2v) is 7.90. The second kappa shape index (κ2) is 10.4. The normalized spacial score (nSPS) is 12.6. The summed E-state index contributed by atoms with van der Waals surface area (Å²) in [5, 5.41) is 0.977. The molecule has 0 radical (unpaired) electrons. The standard InChI is InChI=1S/C22H32N2O6/c1-7-29-20(25)19(24(15-28-6)21(26)30-22(2,3)4)12-16-13-23(14-27-5)18-11-9-8-10-17(16)18/h8-11,13,19H,7,12,14-15H2,1-6H3/t19-/m0/s1. The van der Waals surface area contributed by atoms with Crippen molar-refractivity contribution in [3.05, 3.63) is 36.0 Å². The molecule has 0 aliphatic heterocycles. The molecule has 1 amide bonds. The Labute approximate surface area is 177 Å². The molecule has 1 aromatic carbocycles. The van der Waals surface area contributed by atoms with Crippen molar-refractivity contribution in [2.24, 2.45) is 0 Å². The number of amides is 1. The fourth-order valence-electron chi connectivity index (χ4n) is 3.23. The Balaban J connectivity index is 2.45. The Bertz CT molecular complexity index is 855. The fourth-order valence-corrected chi connectivity index (χ4v) is 3.23. The fraction of sp³-hybridized carbons (Fsp3) is 0.545. The maximum Gasteiger partial charge on any atom is 0.412 e. The van der Waals surface area contributed by atoms with Gasteiger partial charge in [-0.05, 0) is 39.3 Å². The third-order valence-corrected chi connectivity index (χ3v) is 4.38. The highest BCUT2D eigenvalue weighted by molar-refractivity contribution is 5.86. The summed E-state index contributed by atoms with van der Waals surface area (Å²) in [4.78, 5) is 27.0. The van der Waals surface area contributed by atoms with Crippen molar-refractivity contribution in [1.82, 2.24) is 9.47 Å². The molecule has 1 atom stereocenters. The van der Waals surface area contributed by atoms with Gasteiger partial charge in [0.1, 0.15) is 25.1 Å². The molecule has 0 unspecified atom stereocenters. The molecule has 166 valence electrons. The van der Waals surface area contributed by atoms with Crippen LogP contribution in [-0.4, -0.2) is 60.7 Å². The smallest absolute Gasteiger partial charge is 0.412 e.